The van der Waals surface area contributed by atoms with E-state index in [0.29, 0.717) is 0 Å². The fourth-order valence-corrected chi connectivity index (χ4v) is 2.94. The minimum atomic E-state index is 0.218. The number of thiazole rings is 1. The molecule has 0 aliphatic carbocycles. The number of ether oxygens (including phenoxy) is 1. The lowest BCUT2D eigenvalue weighted by molar-refractivity contribution is 0.396. The topological polar surface area (TPSA) is 34.1 Å². The summed E-state index contributed by atoms with van der Waals surface area (Å²) in [5, 5.41) is 6.78. The first kappa shape index (κ1) is 14.0. The van der Waals surface area contributed by atoms with Crippen molar-refractivity contribution in [3.63, 3.8) is 0 Å². The molecule has 0 bridgehead atoms. The molecule has 2 aromatic rings. The molecule has 102 valence electrons. The highest BCUT2D eigenvalue weighted by molar-refractivity contribution is 7.09. The summed E-state index contributed by atoms with van der Waals surface area (Å²) < 4.78 is 5.40. The maximum Gasteiger partial charge on any atom is 0.123 e. The average molecular weight is 276 g/mol. The van der Waals surface area contributed by atoms with Gasteiger partial charge in [0.1, 0.15) is 10.8 Å². The minimum absolute atomic E-state index is 0.218. The molecule has 1 aromatic heterocycles. The molecule has 0 saturated carbocycles. The Morgan fingerprint density at radius 1 is 1.21 bits per heavy atom. The molecular weight excluding hydrogens is 256 g/mol. The van der Waals surface area contributed by atoms with E-state index in [1.807, 2.05) is 25.1 Å². The molecule has 19 heavy (non-hydrogen) atoms. The van der Waals surface area contributed by atoms with Crippen LogP contribution in [0.5, 0.6) is 5.75 Å². The number of rotatable bonds is 5. The van der Waals surface area contributed by atoms with Gasteiger partial charge < -0.3 is 10.1 Å². The second-order valence-electron chi connectivity index (χ2n) is 4.68. The zero-order valence-electron chi connectivity index (χ0n) is 11.8. The number of para-hydroxylation sites is 1. The molecule has 2 atom stereocenters. The van der Waals surface area contributed by atoms with Crippen LogP contribution < -0.4 is 10.1 Å². The van der Waals surface area contributed by atoms with Crippen LogP contribution in [0.4, 0.5) is 0 Å². The summed E-state index contributed by atoms with van der Waals surface area (Å²) >= 11 is 1.70. The molecule has 1 heterocycles. The third-order valence-electron chi connectivity index (χ3n) is 3.11. The van der Waals surface area contributed by atoms with Crippen molar-refractivity contribution in [1.29, 1.82) is 0 Å². The van der Waals surface area contributed by atoms with Gasteiger partial charge in [0.15, 0.2) is 0 Å². The molecule has 0 amide bonds. The first-order valence-corrected chi connectivity index (χ1v) is 7.30. The number of benzene rings is 1. The standard InChI is InChI=1S/C15H20N2OS/c1-10-9-19-15(16-10)12(3)17-11(2)13-7-5-6-8-14(13)18-4/h5-9,11-12,17H,1-4H3. The van der Waals surface area contributed by atoms with Crippen LogP contribution in [0.1, 0.15) is 42.2 Å². The lowest BCUT2D eigenvalue weighted by Gasteiger charge is -2.20. The Kier molecular flexibility index (Phi) is 4.56. The number of hydrogen-bond acceptors (Lipinski definition) is 4. The van der Waals surface area contributed by atoms with Crippen LogP contribution in [0, 0.1) is 6.92 Å². The zero-order valence-corrected chi connectivity index (χ0v) is 12.6. The van der Waals surface area contributed by atoms with Crippen molar-refractivity contribution in [2.75, 3.05) is 7.11 Å². The predicted octanol–water partition coefficient (Wildman–Crippen LogP) is 3.87. The Labute approximate surface area is 118 Å². The molecule has 0 saturated heterocycles. The van der Waals surface area contributed by atoms with E-state index < -0.39 is 0 Å². The van der Waals surface area contributed by atoms with Gasteiger partial charge in [-0.05, 0) is 26.8 Å². The highest BCUT2D eigenvalue weighted by Gasteiger charge is 2.16. The molecule has 3 nitrogen and oxygen atoms in total. The van der Waals surface area contributed by atoms with E-state index in [9.17, 15) is 0 Å². The van der Waals surface area contributed by atoms with Crippen molar-refractivity contribution in [3.8, 4) is 5.75 Å². The molecule has 1 N–H and O–H groups in total. The van der Waals surface area contributed by atoms with Crippen molar-refractivity contribution >= 4 is 11.3 Å². The van der Waals surface area contributed by atoms with Crippen LogP contribution in [0.2, 0.25) is 0 Å². The Balaban J connectivity index is 2.10. The number of nitrogens with zero attached hydrogens (tertiary/aromatic N) is 1. The second kappa shape index (κ2) is 6.17. The van der Waals surface area contributed by atoms with Gasteiger partial charge in [0.2, 0.25) is 0 Å². The van der Waals surface area contributed by atoms with E-state index in [2.05, 4.69) is 35.6 Å². The number of aromatic nitrogens is 1. The van der Waals surface area contributed by atoms with Gasteiger partial charge >= 0.3 is 0 Å². The lowest BCUT2D eigenvalue weighted by Crippen LogP contribution is -2.22. The molecule has 0 spiro atoms. The summed E-state index contributed by atoms with van der Waals surface area (Å²) in [4.78, 5) is 4.52. The van der Waals surface area contributed by atoms with Gasteiger partial charge in [0.25, 0.3) is 0 Å². The monoisotopic (exact) mass is 276 g/mol. The quantitative estimate of drug-likeness (QED) is 0.900. The second-order valence-corrected chi connectivity index (χ2v) is 5.57. The van der Waals surface area contributed by atoms with Gasteiger partial charge in [0, 0.05) is 22.7 Å². The maximum absolute atomic E-state index is 5.40. The highest BCUT2D eigenvalue weighted by Crippen LogP contribution is 2.27. The Morgan fingerprint density at radius 2 is 1.95 bits per heavy atom. The molecule has 2 unspecified atom stereocenters. The van der Waals surface area contributed by atoms with Crippen molar-refractivity contribution < 1.29 is 4.74 Å². The van der Waals surface area contributed by atoms with E-state index in [1.54, 1.807) is 18.4 Å². The van der Waals surface area contributed by atoms with Crippen molar-refractivity contribution in [3.05, 3.63) is 45.9 Å². The van der Waals surface area contributed by atoms with Gasteiger partial charge in [-0.1, -0.05) is 18.2 Å². The first-order valence-electron chi connectivity index (χ1n) is 6.42. The van der Waals surface area contributed by atoms with Crippen LogP contribution in [0.15, 0.2) is 29.6 Å². The smallest absolute Gasteiger partial charge is 0.123 e. The molecule has 0 aliphatic rings. The lowest BCUT2D eigenvalue weighted by atomic mass is 10.1. The summed E-state index contributed by atoms with van der Waals surface area (Å²) in [5.41, 5.74) is 2.25. The summed E-state index contributed by atoms with van der Waals surface area (Å²) in [6.07, 6.45) is 0. The molecule has 4 heteroatoms. The zero-order chi connectivity index (χ0) is 13.8. The van der Waals surface area contributed by atoms with Crippen LogP contribution in [0.25, 0.3) is 0 Å². The Bertz CT molecular complexity index is 538. The number of hydrogen-bond donors (Lipinski definition) is 1. The van der Waals surface area contributed by atoms with Crippen LogP contribution in [0.3, 0.4) is 0 Å². The van der Waals surface area contributed by atoms with Crippen LogP contribution in [-0.2, 0) is 0 Å². The van der Waals surface area contributed by atoms with Crippen LogP contribution in [-0.4, -0.2) is 12.1 Å². The van der Waals surface area contributed by atoms with Gasteiger partial charge in [-0.3, -0.25) is 0 Å². The SMILES string of the molecule is COc1ccccc1C(C)NC(C)c1nc(C)cs1. The number of aryl methyl sites for hydroxylation is 1. The molecule has 2 rings (SSSR count). The number of methoxy groups -OCH3 is 1. The third-order valence-corrected chi connectivity index (χ3v) is 4.26. The largest absolute Gasteiger partial charge is 0.496 e. The summed E-state index contributed by atoms with van der Waals surface area (Å²) in [6.45, 7) is 6.31. The highest BCUT2D eigenvalue weighted by atomic mass is 32.1. The fraction of sp³-hybridized carbons (Fsp3) is 0.400. The maximum atomic E-state index is 5.40. The van der Waals surface area contributed by atoms with Gasteiger partial charge in [-0.15, -0.1) is 11.3 Å². The van der Waals surface area contributed by atoms with E-state index in [4.69, 9.17) is 4.74 Å². The van der Waals surface area contributed by atoms with Crippen molar-refractivity contribution in [1.82, 2.24) is 10.3 Å². The minimum Gasteiger partial charge on any atom is -0.496 e. The number of nitrogens with one attached hydrogen (secondary N) is 1. The van der Waals surface area contributed by atoms with E-state index in [-0.39, 0.29) is 12.1 Å². The molecule has 1 aromatic carbocycles. The summed E-state index contributed by atoms with van der Waals surface area (Å²) in [6, 6.07) is 8.56. The van der Waals surface area contributed by atoms with E-state index >= 15 is 0 Å². The van der Waals surface area contributed by atoms with Gasteiger partial charge in [-0.2, -0.15) is 0 Å². The molecule has 0 aliphatic heterocycles. The third kappa shape index (κ3) is 3.33. The molecule has 0 radical (unpaired) electrons. The van der Waals surface area contributed by atoms with Crippen LogP contribution >= 0.6 is 11.3 Å². The normalized spacial score (nSPS) is 14.1. The molecule has 0 fully saturated rings. The van der Waals surface area contributed by atoms with Gasteiger partial charge in [0.05, 0.1) is 13.2 Å². The van der Waals surface area contributed by atoms with E-state index in [1.165, 1.54) is 5.56 Å². The van der Waals surface area contributed by atoms with Crippen molar-refractivity contribution in [2.45, 2.75) is 32.9 Å². The fourth-order valence-electron chi connectivity index (χ4n) is 2.13. The Morgan fingerprint density at radius 3 is 2.58 bits per heavy atom. The molecular formula is C15H20N2OS. The average Bonchev–Trinajstić information content (AvgIpc) is 2.85. The van der Waals surface area contributed by atoms with Crippen molar-refractivity contribution in [2.24, 2.45) is 0 Å². The first-order chi connectivity index (χ1) is 9.11. The van der Waals surface area contributed by atoms with E-state index in [0.717, 1.165) is 16.5 Å². The predicted molar refractivity (Wildman–Crippen MR) is 79.8 cm³/mol. The summed E-state index contributed by atoms with van der Waals surface area (Å²) in [5.74, 6) is 0.921. The van der Waals surface area contributed by atoms with Gasteiger partial charge in [-0.25, -0.2) is 4.98 Å². The Hall–Kier alpha value is -1.39. The summed E-state index contributed by atoms with van der Waals surface area (Å²) in [7, 11) is 1.71.